The molecule has 0 aliphatic rings. The van der Waals surface area contributed by atoms with Gasteiger partial charge < -0.3 is 5.73 Å². The van der Waals surface area contributed by atoms with Gasteiger partial charge in [-0.3, -0.25) is 4.31 Å². The molecule has 90 valence electrons. The van der Waals surface area contributed by atoms with Crippen molar-refractivity contribution in [2.24, 2.45) is 5.73 Å². The fraction of sp³-hybridized carbons (Fsp3) is 0.400. The number of anilines is 1. The molecule has 2 N–H and O–H groups in total. The van der Waals surface area contributed by atoms with E-state index in [-0.39, 0.29) is 12.3 Å². The quantitative estimate of drug-likeness (QED) is 0.864. The third-order valence-corrected chi connectivity index (χ3v) is 4.14. The van der Waals surface area contributed by atoms with E-state index in [0.717, 1.165) is 4.31 Å². The molecule has 0 spiro atoms. The molecule has 0 fully saturated rings. The smallest absolute Gasteiger partial charge is 0.234 e. The first-order valence-corrected chi connectivity index (χ1v) is 6.48. The lowest BCUT2D eigenvalue weighted by Crippen LogP contribution is -2.29. The van der Waals surface area contributed by atoms with Crippen LogP contribution in [0.3, 0.4) is 0 Å². The Morgan fingerprint density at radius 1 is 1.44 bits per heavy atom. The van der Waals surface area contributed by atoms with Crippen LogP contribution in [0, 0.1) is 5.82 Å². The number of nitrogens with zero attached hydrogens (tertiary/aromatic N) is 1. The Morgan fingerprint density at radius 3 is 2.56 bits per heavy atom. The number of hydrogen-bond donors (Lipinski definition) is 1. The molecular weight excluding hydrogens is 231 g/mol. The summed E-state index contributed by atoms with van der Waals surface area (Å²) >= 11 is 0. The zero-order chi connectivity index (χ0) is 12.3. The Kier molecular flexibility index (Phi) is 3.88. The predicted octanol–water partition coefficient (Wildman–Crippen LogP) is 1.07. The van der Waals surface area contributed by atoms with Gasteiger partial charge in [-0.2, -0.15) is 0 Å². The maximum atomic E-state index is 13.0. The van der Waals surface area contributed by atoms with Crippen LogP contribution in [0.15, 0.2) is 18.2 Å². The molecule has 1 aromatic rings. The molecule has 0 heterocycles. The standard InChI is InChI=1S/C10H15FN2O2S/c1-3-16(14,15)13(2)10-5-4-9(11)6-8(10)7-12/h4-6H,3,7,12H2,1-2H3. The minimum atomic E-state index is -3.34. The van der Waals surface area contributed by atoms with Crippen LogP contribution >= 0.6 is 0 Å². The van der Waals surface area contributed by atoms with E-state index in [1.807, 2.05) is 0 Å². The van der Waals surface area contributed by atoms with Gasteiger partial charge in [-0.1, -0.05) is 0 Å². The average molecular weight is 246 g/mol. The Morgan fingerprint density at radius 2 is 2.06 bits per heavy atom. The minimum absolute atomic E-state index is 0.00904. The fourth-order valence-electron chi connectivity index (χ4n) is 1.37. The van der Waals surface area contributed by atoms with Crippen molar-refractivity contribution in [1.29, 1.82) is 0 Å². The summed E-state index contributed by atoms with van der Waals surface area (Å²) in [5.74, 6) is -0.434. The van der Waals surface area contributed by atoms with Crippen molar-refractivity contribution in [3.8, 4) is 0 Å². The van der Waals surface area contributed by atoms with Crippen LogP contribution in [-0.2, 0) is 16.6 Å². The van der Waals surface area contributed by atoms with E-state index >= 15 is 0 Å². The average Bonchev–Trinajstić information content (AvgIpc) is 2.27. The van der Waals surface area contributed by atoms with Crippen LogP contribution in [0.2, 0.25) is 0 Å². The van der Waals surface area contributed by atoms with Gasteiger partial charge in [0, 0.05) is 13.6 Å². The van der Waals surface area contributed by atoms with Crippen LogP contribution < -0.4 is 10.0 Å². The third kappa shape index (κ3) is 2.51. The molecule has 0 amide bonds. The zero-order valence-corrected chi connectivity index (χ0v) is 10.1. The van der Waals surface area contributed by atoms with Crippen molar-refractivity contribution in [3.63, 3.8) is 0 Å². The van der Waals surface area contributed by atoms with Crippen molar-refractivity contribution in [2.45, 2.75) is 13.5 Å². The Labute approximate surface area is 94.9 Å². The summed E-state index contributed by atoms with van der Waals surface area (Å²) in [4.78, 5) is 0. The van der Waals surface area contributed by atoms with Crippen molar-refractivity contribution in [2.75, 3.05) is 17.1 Å². The van der Waals surface area contributed by atoms with E-state index < -0.39 is 15.8 Å². The molecular formula is C10H15FN2O2S. The first kappa shape index (κ1) is 12.9. The second-order valence-electron chi connectivity index (χ2n) is 3.35. The molecule has 0 aromatic heterocycles. The lowest BCUT2D eigenvalue weighted by atomic mass is 10.2. The molecule has 0 unspecified atom stereocenters. The van der Waals surface area contributed by atoms with Gasteiger partial charge in [0.15, 0.2) is 0 Å². The van der Waals surface area contributed by atoms with Gasteiger partial charge in [0.2, 0.25) is 10.0 Å². The highest BCUT2D eigenvalue weighted by Crippen LogP contribution is 2.22. The third-order valence-electron chi connectivity index (χ3n) is 2.38. The highest BCUT2D eigenvalue weighted by atomic mass is 32.2. The monoisotopic (exact) mass is 246 g/mol. The van der Waals surface area contributed by atoms with Gasteiger partial charge in [0.25, 0.3) is 0 Å². The van der Waals surface area contributed by atoms with Crippen LogP contribution in [0.1, 0.15) is 12.5 Å². The first-order valence-electron chi connectivity index (χ1n) is 4.87. The molecule has 0 saturated heterocycles. The van der Waals surface area contributed by atoms with E-state index in [4.69, 9.17) is 5.73 Å². The largest absolute Gasteiger partial charge is 0.326 e. The van der Waals surface area contributed by atoms with Crippen LogP contribution in [-0.4, -0.2) is 21.2 Å². The van der Waals surface area contributed by atoms with Gasteiger partial charge >= 0.3 is 0 Å². The summed E-state index contributed by atoms with van der Waals surface area (Å²) in [6.07, 6.45) is 0. The topological polar surface area (TPSA) is 63.4 Å². The van der Waals surface area contributed by atoms with Crippen molar-refractivity contribution < 1.29 is 12.8 Å². The lowest BCUT2D eigenvalue weighted by molar-refractivity contribution is 0.595. The van der Waals surface area contributed by atoms with E-state index in [9.17, 15) is 12.8 Å². The summed E-state index contributed by atoms with van der Waals surface area (Å²) in [7, 11) is -1.91. The summed E-state index contributed by atoms with van der Waals surface area (Å²) < 4.78 is 37.4. The highest BCUT2D eigenvalue weighted by Gasteiger charge is 2.18. The number of sulfonamides is 1. The molecule has 4 nitrogen and oxygen atoms in total. The van der Waals surface area contributed by atoms with Gasteiger partial charge in [-0.15, -0.1) is 0 Å². The first-order chi connectivity index (χ1) is 7.42. The van der Waals surface area contributed by atoms with Crippen molar-refractivity contribution >= 4 is 15.7 Å². The lowest BCUT2D eigenvalue weighted by Gasteiger charge is -2.21. The molecule has 16 heavy (non-hydrogen) atoms. The van der Waals surface area contributed by atoms with E-state index in [1.54, 1.807) is 6.92 Å². The second kappa shape index (κ2) is 4.80. The molecule has 6 heteroatoms. The molecule has 0 radical (unpaired) electrons. The van der Waals surface area contributed by atoms with Crippen molar-refractivity contribution in [3.05, 3.63) is 29.6 Å². The van der Waals surface area contributed by atoms with Crippen LogP contribution in [0.5, 0.6) is 0 Å². The molecule has 0 saturated carbocycles. The number of nitrogens with two attached hydrogens (primary N) is 1. The van der Waals surface area contributed by atoms with Gasteiger partial charge in [0.1, 0.15) is 5.82 Å². The summed E-state index contributed by atoms with van der Waals surface area (Å²) in [6.45, 7) is 1.65. The van der Waals surface area contributed by atoms with Crippen molar-refractivity contribution in [1.82, 2.24) is 0 Å². The van der Waals surface area contributed by atoms with Crippen LogP contribution in [0.4, 0.5) is 10.1 Å². The zero-order valence-electron chi connectivity index (χ0n) is 9.27. The summed E-state index contributed by atoms with van der Waals surface area (Å²) in [5.41, 5.74) is 6.35. The molecule has 0 bridgehead atoms. The van der Waals surface area contributed by atoms with E-state index in [0.29, 0.717) is 11.3 Å². The molecule has 0 atom stereocenters. The van der Waals surface area contributed by atoms with Gasteiger partial charge in [-0.25, -0.2) is 12.8 Å². The number of rotatable bonds is 4. The van der Waals surface area contributed by atoms with Crippen LogP contribution in [0.25, 0.3) is 0 Å². The number of hydrogen-bond acceptors (Lipinski definition) is 3. The normalized spacial score (nSPS) is 11.5. The summed E-state index contributed by atoms with van der Waals surface area (Å²) in [5, 5.41) is 0. The summed E-state index contributed by atoms with van der Waals surface area (Å²) in [6, 6.07) is 3.89. The highest BCUT2D eigenvalue weighted by molar-refractivity contribution is 7.92. The number of benzene rings is 1. The predicted molar refractivity (Wildman–Crippen MR) is 62.2 cm³/mol. The SMILES string of the molecule is CCS(=O)(=O)N(C)c1ccc(F)cc1CN. The Balaban J connectivity index is 3.23. The molecule has 1 aromatic carbocycles. The van der Waals surface area contributed by atoms with Gasteiger partial charge in [-0.05, 0) is 30.7 Å². The minimum Gasteiger partial charge on any atom is -0.326 e. The molecule has 1 rings (SSSR count). The molecule has 0 aliphatic heterocycles. The van der Waals surface area contributed by atoms with Gasteiger partial charge in [0.05, 0.1) is 11.4 Å². The van der Waals surface area contributed by atoms with E-state index in [2.05, 4.69) is 0 Å². The Hall–Kier alpha value is -1.14. The second-order valence-corrected chi connectivity index (χ2v) is 5.63. The maximum Gasteiger partial charge on any atom is 0.234 e. The molecule has 0 aliphatic carbocycles. The van der Waals surface area contributed by atoms with E-state index in [1.165, 1.54) is 25.2 Å². The number of halogens is 1. The fourth-order valence-corrected chi connectivity index (χ4v) is 2.23. The maximum absolute atomic E-state index is 13.0. The Bertz CT molecular complexity index is 474.